The Labute approximate surface area is 333 Å². The molecule has 0 aliphatic carbocycles. The number of ether oxygens (including phenoxy) is 2. The maximum atomic E-state index is 12.6. The molecule has 0 aromatic heterocycles. The molecule has 0 radical (unpaired) electrons. The van der Waals surface area contributed by atoms with Crippen LogP contribution in [-0.2, 0) is 32.7 Å². The van der Waals surface area contributed by atoms with Gasteiger partial charge in [0.15, 0.2) is 6.10 Å². The molecule has 0 aliphatic rings. The van der Waals surface area contributed by atoms with E-state index in [0.29, 0.717) is 12.8 Å². The van der Waals surface area contributed by atoms with Gasteiger partial charge in [-0.3, -0.25) is 18.6 Å². The van der Waals surface area contributed by atoms with Gasteiger partial charge < -0.3 is 24.6 Å². The summed E-state index contributed by atoms with van der Waals surface area (Å²) in [6.45, 7) is 2.16. The van der Waals surface area contributed by atoms with E-state index in [0.717, 1.165) is 57.8 Å². The van der Waals surface area contributed by atoms with Crippen LogP contribution in [0.15, 0.2) is 72.9 Å². The minimum Gasteiger partial charge on any atom is -0.462 e. The molecule has 55 heavy (non-hydrogen) atoms. The number of allylic oxidation sites excluding steroid dienone is 12. The summed E-state index contributed by atoms with van der Waals surface area (Å²) in [6, 6.07) is 0. The number of carbonyl (C=O) groups excluding carboxylic acids is 2. The van der Waals surface area contributed by atoms with Crippen LogP contribution in [-0.4, -0.2) is 65.7 Å². The summed E-state index contributed by atoms with van der Waals surface area (Å²) in [5.74, 6) is -1.03. The molecule has 0 saturated heterocycles. The van der Waals surface area contributed by atoms with Gasteiger partial charge in [0.25, 0.3) is 0 Å². The maximum Gasteiger partial charge on any atom is 0.472 e. The Kier molecular flexibility index (Phi) is 37.8. The minimum absolute atomic E-state index is 0.0571. The highest BCUT2D eigenvalue weighted by molar-refractivity contribution is 7.47. The molecule has 0 amide bonds. The van der Waals surface area contributed by atoms with Gasteiger partial charge in [-0.1, -0.05) is 164 Å². The predicted octanol–water partition coefficient (Wildman–Crippen LogP) is 10.9. The quantitative estimate of drug-likeness (QED) is 0.0239. The Hall–Kier alpha value is -2.59. The first kappa shape index (κ1) is 52.4. The van der Waals surface area contributed by atoms with E-state index >= 15 is 0 Å². The summed E-state index contributed by atoms with van der Waals surface area (Å²) in [5, 5.41) is 18.3. The van der Waals surface area contributed by atoms with Gasteiger partial charge >= 0.3 is 19.8 Å². The molecule has 316 valence electrons. The number of aliphatic hydroxyl groups excluding tert-OH is 2. The number of carbonyl (C=O) groups is 2. The Morgan fingerprint density at radius 2 is 1.00 bits per heavy atom. The maximum absolute atomic E-state index is 12.6. The zero-order chi connectivity index (χ0) is 40.5. The number of unbranched alkanes of at least 4 members (excludes halogenated alkanes) is 12. The first-order valence-electron chi connectivity index (χ1n) is 20.9. The Bertz CT molecular complexity index is 1140. The van der Waals surface area contributed by atoms with Gasteiger partial charge in [0.1, 0.15) is 12.7 Å². The van der Waals surface area contributed by atoms with Crippen molar-refractivity contribution >= 4 is 19.8 Å². The molecular weight excluding hydrogens is 719 g/mol. The standard InChI is InChI=1S/C44H75O10P/c1-3-5-7-9-11-13-15-17-18-19-20-21-22-24-26-28-30-32-34-36-44(48)54-42(40-53-55(49,50)52-38-41(46)37-45)39-51-43(47)35-33-31-29-27-25-23-16-14-12-10-8-6-4-2/h5,7,11,13,17-18,20-21,24,26,30,32,41-42,45-46H,3-4,6,8-10,12,14-16,19,22-23,25,27-29,31,33-40H2,1-2H3,(H,49,50)/b7-5-,13-11-,18-17-,21-20-,26-24-,32-30-/t41?,42-/m1/s1. The van der Waals surface area contributed by atoms with Gasteiger partial charge in [-0.15, -0.1) is 0 Å². The molecule has 0 aromatic rings. The van der Waals surface area contributed by atoms with Crippen molar-refractivity contribution in [1.82, 2.24) is 0 Å². The number of aliphatic hydroxyl groups is 2. The van der Waals surface area contributed by atoms with E-state index in [1.165, 1.54) is 57.8 Å². The van der Waals surface area contributed by atoms with Crippen LogP contribution in [0.2, 0.25) is 0 Å². The van der Waals surface area contributed by atoms with E-state index in [1.807, 2.05) is 12.2 Å². The number of rotatable bonds is 38. The lowest BCUT2D eigenvalue weighted by atomic mass is 10.0. The number of hydrogen-bond donors (Lipinski definition) is 3. The number of hydrogen-bond acceptors (Lipinski definition) is 9. The van der Waals surface area contributed by atoms with E-state index < -0.39 is 51.8 Å². The largest absolute Gasteiger partial charge is 0.472 e. The fraction of sp³-hybridized carbons (Fsp3) is 0.682. The second kappa shape index (κ2) is 39.6. The van der Waals surface area contributed by atoms with Crippen LogP contribution < -0.4 is 0 Å². The molecule has 0 rings (SSSR count). The summed E-state index contributed by atoms with van der Waals surface area (Å²) in [7, 11) is -4.64. The minimum atomic E-state index is -4.64. The first-order valence-corrected chi connectivity index (χ1v) is 22.4. The molecule has 11 heteroatoms. The Morgan fingerprint density at radius 3 is 1.47 bits per heavy atom. The van der Waals surface area contributed by atoms with Gasteiger partial charge in [0.2, 0.25) is 0 Å². The van der Waals surface area contributed by atoms with Crippen LogP contribution in [0, 0.1) is 0 Å². The molecule has 10 nitrogen and oxygen atoms in total. The van der Waals surface area contributed by atoms with Gasteiger partial charge in [-0.05, 0) is 51.4 Å². The third kappa shape index (κ3) is 39.4. The van der Waals surface area contributed by atoms with Crippen molar-refractivity contribution in [2.24, 2.45) is 0 Å². The van der Waals surface area contributed by atoms with E-state index in [2.05, 4.69) is 79.1 Å². The van der Waals surface area contributed by atoms with Gasteiger partial charge in [-0.25, -0.2) is 4.57 Å². The van der Waals surface area contributed by atoms with Crippen LogP contribution in [0.1, 0.15) is 155 Å². The van der Waals surface area contributed by atoms with E-state index in [4.69, 9.17) is 19.1 Å². The first-order chi connectivity index (χ1) is 26.7. The van der Waals surface area contributed by atoms with Crippen LogP contribution in [0.5, 0.6) is 0 Å². The Balaban J connectivity index is 4.46. The molecule has 3 N–H and O–H groups in total. The molecule has 0 bridgehead atoms. The van der Waals surface area contributed by atoms with Crippen molar-refractivity contribution in [2.75, 3.05) is 26.4 Å². The highest BCUT2D eigenvalue weighted by Crippen LogP contribution is 2.43. The lowest BCUT2D eigenvalue weighted by molar-refractivity contribution is -0.161. The average molecular weight is 795 g/mol. The van der Waals surface area contributed by atoms with Crippen molar-refractivity contribution in [3.63, 3.8) is 0 Å². The second-order valence-electron chi connectivity index (χ2n) is 13.6. The highest BCUT2D eigenvalue weighted by Gasteiger charge is 2.27. The lowest BCUT2D eigenvalue weighted by Crippen LogP contribution is -2.29. The molecule has 0 fully saturated rings. The predicted molar refractivity (Wildman–Crippen MR) is 223 cm³/mol. The van der Waals surface area contributed by atoms with Gasteiger partial charge in [0, 0.05) is 12.8 Å². The summed E-state index contributed by atoms with van der Waals surface area (Å²) in [6.07, 6.45) is 44.5. The zero-order valence-electron chi connectivity index (χ0n) is 34.1. The van der Waals surface area contributed by atoms with E-state index in [9.17, 15) is 24.2 Å². The summed E-state index contributed by atoms with van der Waals surface area (Å²) in [5.41, 5.74) is 0. The van der Waals surface area contributed by atoms with Crippen LogP contribution in [0.3, 0.4) is 0 Å². The van der Waals surface area contributed by atoms with Crippen molar-refractivity contribution in [3.05, 3.63) is 72.9 Å². The van der Waals surface area contributed by atoms with Crippen LogP contribution >= 0.6 is 7.82 Å². The van der Waals surface area contributed by atoms with Crippen LogP contribution in [0.25, 0.3) is 0 Å². The van der Waals surface area contributed by atoms with Gasteiger partial charge in [0.05, 0.1) is 19.8 Å². The van der Waals surface area contributed by atoms with Crippen molar-refractivity contribution in [1.29, 1.82) is 0 Å². The van der Waals surface area contributed by atoms with Crippen LogP contribution in [0.4, 0.5) is 0 Å². The fourth-order valence-corrected chi connectivity index (χ4v) is 5.98. The molecule has 0 aromatic carbocycles. The summed E-state index contributed by atoms with van der Waals surface area (Å²) >= 11 is 0. The molecular formula is C44H75O10P. The molecule has 0 aliphatic heterocycles. The monoisotopic (exact) mass is 795 g/mol. The normalized spacial score (nSPS) is 14.6. The molecule has 2 unspecified atom stereocenters. The molecule has 0 spiro atoms. The zero-order valence-corrected chi connectivity index (χ0v) is 35.0. The molecule has 0 saturated carbocycles. The van der Waals surface area contributed by atoms with Crippen molar-refractivity contribution in [2.45, 2.75) is 167 Å². The van der Waals surface area contributed by atoms with Crippen molar-refractivity contribution in [3.8, 4) is 0 Å². The number of phosphoric acid groups is 1. The van der Waals surface area contributed by atoms with E-state index in [1.54, 1.807) is 0 Å². The SMILES string of the molecule is CC/C=C\C/C=C\C/C=C\C/C=C\C/C=C\C/C=C\CCC(=O)O[C@H](COC(=O)CCCCCCCCCCCCCCC)COP(=O)(O)OCC(O)CO. The fourth-order valence-electron chi connectivity index (χ4n) is 5.19. The second-order valence-corrected chi connectivity index (χ2v) is 15.1. The van der Waals surface area contributed by atoms with E-state index in [-0.39, 0.29) is 19.4 Å². The third-order valence-corrected chi connectivity index (χ3v) is 9.34. The number of phosphoric ester groups is 1. The number of esters is 2. The van der Waals surface area contributed by atoms with Crippen molar-refractivity contribution < 1.29 is 47.8 Å². The average Bonchev–Trinajstić information content (AvgIpc) is 3.17. The highest BCUT2D eigenvalue weighted by atomic mass is 31.2. The lowest BCUT2D eigenvalue weighted by Gasteiger charge is -2.20. The molecule has 0 heterocycles. The topological polar surface area (TPSA) is 149 Å². The third-order valence-electron chi connectivity index (χ3n) is 8.39. The summed E-state index contributed by atoms with van der Waals surface area (Å²) in [4.78, 5) is 34.9. The molecule has 3 atom stereocenters. The Morgan fingerprint density at radius 1 is 0.564 bits per heavy atom. The van der Waals surface area contributed by atoms with Gasteiger partial charge in [-0.2, -0.15) is 0 Å². The smallest absolute Gasteiger partial charge is 0.462 e. The summed E-state index contributed by atoms with van der Waals surface area (Å²) < 4.78 is 32.6.